The number of rotatable bonds is 5. The van der Waals surface area contributed by atoms with E-state index in [2.05, 4.69) is 10.5 Å². The summed E-state index contributed by atoms with van der Waals surface area (Å²) in [6, 6.07) is 5.99. The average molecular weight is 379 g/mol. The van der Waals surface area contributed by atoms with Gasteiger partial charge >= 0.3 is 0 Å². The monoisotopic (exact) mass is 378 g/mol. The fourth-order valence-corrected chi connectivity index (χ4v) is 4.80. The molecule has 3 fully saturated rings. The molecule has 3 aliphatic rings. The maximum absolute atomic E-state index is 6.40. The number of ether oxygens (including phenoxy) is 1. The maximum atomic E-state index is 6.40. The molecule has 2 heterocycles. The van der Waals surface area contributed by atoms with Crippen LogP contribution in [0, 0.1) is 5.92 Å². The summed E-state index contributed by atoms with van der Waals surface area (Å²) in [6.07, 6.45) is 4.94. The van der Waals surface area contributed by atoms with Gasteiger partial charge in [-0.05, 0) is 50.3 Å². The van der Waals surface area contributed by atoms with Gasteiger partial charge in [-0.15, -0.1) is 0 Å². The van der Waals surface area contributed by atoms with Gasteiger partial charge in [0.1, 0.15) is 11.5 Å². The predicted octanol–water partition coefficient (Wildman–Crippen LogP) is 4.79. The molecule has 2 saturated carbocycles. The lowest BCUT2D eigenvalue weighted by atomic mass is 10.0. The van der Waals surface area contributed by atoms with Crippen molar-refractivity contribution in [3.8, 4) is 11.3 Å². The van der Waals surface area contributed by atoms with Gasteiger partial charge in [-0.2, -0.15) is 0 Å². The first-order chi connectivity index (χ1) is 12.2. The summed E-state index contributed by atoms with van der Waals surface area (Å²) in [5, 5.41) is 9.04. The second-order valence-corrected chi connectivity index (χ2v) is 8.26. The van der Waals surface area contributed by atoms with Crippen LogP contribution in [0.3, 0.4) is 0 Å². The van der Waals surface area contributed by atoms with Gasteiger partial charge in [-0.25, -0.2) is 0 Å². The van der Waals surface area contributed by atoms with E-state index in [1.54, 1.807) is 0 Å². The van der Waals surface area contributed by atoms with Crippen LogP contribution in [0.2, 0.25) is 10.0 Å². The topological polar surface area (TPSA) is 47.3 Å². The molecule has 0 radical (unpaired) electrons. The van der Waals surface area contributed by atoms with Crippen molar-refractivity contribution in [2.24, 2.45) is 5.92 Å². The Bertz CT molecular complexity index is 782. The van der Waals surface area contributed by atoms with E-state index in [-0.39, 0.29) is 6.10 Å². The Morgan fingerprint density at radius 2 is 2.00 bits per heavy atom. The van der Waals surface area contributed by atoms with E-state index in [1.807, 2.05) is 18.2 Å². The molecular formula is C19H20Cl2N2O2. The largest absolute Gasteiger partial charge is 0.372 e. The number of aromatic nitrogens is 1. The predicted molar refractivity (Wildman–Crippen MR) is 97.0 cm³/mol. The van der Waals surface area contributed by atoms with Crippen LogP contribution in [0.15, 0.2) is 22.7 Å². The Hall–Kier alpha value is -1.07. The molecule has 25 heavy (non-hydrogen) atoms. The molecule has 2 bridgehead atoms. The third-order valence-corrected chi connectivity index (χ3v) is 6.31. The van der Waals surface area contributed by atoms with Gasteiger partial charge in [0, 0.05) is 23.1 Å². The maximum Gasteiger partial charge on any atom is 0.145 e. The van der Waals surface area contributed by atoms with Crippen LogP contribution >= 0.6 is 23.2 Å². The molecule has 2 aliphatic carbocycles. The van der Waals surface area contributed by atoms with E-state index in [0.717, 1.165) is 54.3 Å². The quantitative estimate of drug-likeness (QED) is 0.811. The first-order valence-corrected chi connectivity index (χ1v) is 9.74. The molecule has 3 atom stereocenters. The number of nitrogens with zero attached hydrogens (tertiary/aromatic N) is 1. The van der Waals surface area contributed by atoms with Gasteiger partial charge in [0.2, 0.25) is 0 Å². The standard InChI is InChI=1S/C19H20Cl2N2O2/c20-13-2-1-3-14(21)17(13)18-12(19(25-23-18)11-4-5-11)9-24-16-7-10-6-15(16)22-8-10/h1-3,10-11,15-16,22H,4-9H2. The van der Waals surface area contributed by atoms with Crippen LogP contribution in [0.5, 0.6) is 0 Å². The van der Waals surface area contributed by atoms with Gasteiger partial charge in [-0.3, -0.25) is 0 Å². The smallest absolute Gasteiger partial charge is 0.145 e. The highest BCUT2D eigenvalue weighted by Gasteiger charge is 2.41. The molecule has 0 amide bonds. The van der Waals surface area contributed by atoms with Gasteiger partial charge in [0.05, 0.1) is 22.8 Å². The molecule has 1 aliphatic heterocycles. The zero-order valence-electron chi connectivity index (χ0n) is 13.8. The summed E-state index contributed by atoms with van der Waals surface area (Å²) in [7, 11) is 0. The Morgan fingerprint density at radius 3 is 2.64 bits per heavy atom. The minimum absolute atomic E-state index is 0.273. The minimum Gasteiger partial charge on any atom is -0.372 e. The fourth-order valence-electron chi connectivity index (χ4n) is 4.22. The second-order valence-electron chi connectivity index (χ2n) is 7.45. The Labute approximate surface area is 156 Å². The number of fused-ring (bicyclic) bond motifs is 2. The summed E-state index contributed by atoms with van der Waals surface area (Å²) >= 11 is 12.8. The lowest BCUT2D eigenvalue weighted by Crippen LogP contribution is -2.38. The molecule has 1 aromatic heterocycles. The zero-order chi connectivity index (χ0) is 17.0. The van der Waals surface area contributed by atoms with E-state index < -0.39 is 0 Å². The fraction of sp³-hybridized carbons (Fsp3) is 0.526. The zero-order valence-corrected chi connectivity index (χ0v) is 15.3. The van der Waals surface area contributed by atoms with Crippen LogP contribution in [0.25, 0.3) is 11.3 Å². The molecule has 1 saturated heterocycles. The Kier molecular flexibility index (Phi) is 4.05. The lowest BCUT2D eigenvalue weighted by Gasteiger charge is -2.23. The summed E-state index contributed by atoms with van der Waals surface area (Å²) in [4.78, 5) is 0. The van der Waals surface area contributed by atoms with E-state index in [0.29, 0.717) is 28.6 Å². The molecule has 4 nitrogen and oxygen atoms in total. The highest BCUT2D eigenvalue weighted by Crippen LogP contribution is 2.46. The third-order valence-electron chi connectivity index (χ3n) is 5.68. The van der Waals surface area contributed by atoms with Gasteiger partial charge in [0.25, 0.3) is 0 Å². The summed E-state index contributed by atoms with van der Waals surface area (Å²) in [6.45, 7) is 1.63. The van der Waals surface area contributed by atoms with Crippen molar-refractivity contribution in [1.29, 1.82) is 0 Å². The van der Waals surface area contributed by atoms with E-state index >= 15 is 0 Å². The van der Waals surface area contributed by atoms with E-state index in [9.17, 15) is 0 Å². The molecule has 5 rings (SSSR count). The number of hydrogen-bond acceptors (Lipinski definition) is 4. The average Bonchev–Trinajstić information content (AvgIpc) is 3.03. The van der Waals surface area contributed by atoms with Crippen molar-refractivity contribution in [3.63, 3.8) is 0 Å². The minimum atomic E-state index is 0.273. The Morgan fingerprint density at radius 1 is 1.20 bits per heavy atom. The van der Waals surface area contributed by atoms with E-state index in [1.165, 1.54) is 6.42 Å². The van der Waals surface area contributed by atoms with Crippen LogP contribution in [0.1, 0.15) is 42.9 Å². The third kappa shape index (κ3) is 2.89. The Balaban J connectivity index is 1.46. The number of hydrogen-bond donors (Lipinski definition) is 1. The van der Waals surface area contributed by atoms with Crippen LogP contribution in [0.4, 0.5) is 0 Å². The van der Waals surface area contributed by atoms with Crippen molar-refractivity contribution in [3.05, 3.63) is 39.6 Å². The highest BCUT2D eigenvalue weighted by molar-refractivity contribution is 6.39. The molecule has 6 heteroatoms. The lowest BCUT2D eigenvalue weighted by molar-refractivity contribution is 0.0186. The van der Waals surface area contributed by atoms with Crippen LogP contribution in [-0.4, -0.2) is 23.8 Å². The summed E-state index contributed by atoms with van der Waals surface area (Å²) < 4.78 is 12.0. The van der Waals surface area contributed by atoms with Crippen molar-refractivity contribution in [2.45, 2.75) is 50.4 Å². The van der Waals surface area contributed by atoms with Crippen LogP contribution in [-0.2, 0) is 11.3 Å². The molecule has 1 aromatic carbocycles. The molecule has 1 N–H and O–H groups in total. The summed E-state index contributed by atoms with van der Waals surface area (Å²) in [5.41, 5.74) is 2.49. The van der Waals surface area contributed by atoms with Gasteiger partial charge in [0.15, 0.2) is 0 Å². The molecule has 132 valence electrons. The molecule has 3 unspecified atom stereocenters. The first kappa shape index (κ1) is 16.1. The SMILES string of the molecule is Clc1cccc(Cl)c1-c1noc(C2CC2)c1COC1CC2CNC1C2. The normalized spacial score (nSPS) is 28.0. The summed E-state index contributed by atoms with van der Waals surface area (Å²) in [5.74, 6) is 2.17. The molecular weight excluding hydrogens is 359 g/mol. The number of piperidine rings is 1. The number of benzene rings is 1. The van der Waals surface area contributed by atoms with Gasteiger partial charge in [-0.1, -0.05) is 34.4 Å². The molecule has 2 aromatic rings. The van der Waals surface area contributed by atoms with Gasteiger partial charge < -0.3 is 14.6 Å². The first-order valence-electron chi connectivity index (χ1n) is 8.98. The van der Waals surface area contributed by atoms with Crippen LogP contribution < -0.4 is 5.32 Å². The molecule has 0 spiro atoms. The highest BCUT2D eigenvalue weighted by atomic mass is 35.5. The van der Waals surface area contributed by atoms with Crippen molar-refractivity contribution in [1.82, 2.24) is 10.5 Å². The number of nitrogens with one attached hydrogen (secondary N) is 1. The van der Waals surface area contributed by atoms with Crippen molar-refractivity contribution < 1.29 is 9.26 Å². The number of halogens is 2. The van der Waals surface area contributed by atoms with Crippen molar-refractivity contribution >= 4 is 23.2 Å². The van der Waals surface area contributed by atoms with Crippen molar-refractivity contribution in [2.75, 3.05) is 6.54 Å². The second kappa shape index (κ2) is 6.27. The van der Waals surface area contributed by atoms with E-state index in [4.69, 9.17) is 32.5 Å².